The van der Waals surface area contributed by atoms with E-state index in [1.165, 1.54) is 5.56 Å². The Balaban J connectivity index is 1.77. The Morgan fingerprint density at radius 3 is 2.74 bits per heavy atom. The summed E-state index contributed by atoms with van der Waals surface area (Å²) in [6.45, 7) is 6.53. The van der Waals surface area contributed by atoms with Gasteiger partial charge in [0.05, 0.1) is 11.4 Å². The number of anilines is 1. The van der Waals surface area contributed by atoms with Crippen molar-refractivity contribution in [1.82, 2.24) is 25.5 Å². The highest BCUT2D eigenvalue weighted by atomic mass is 16.1. The van der Waals surface area contributed by atoms with Gasteiger partial charge < -0.3 is 10.2 Å². The summed E-state index contributed by atoms with van der Waals surface area (Å²) >= 11 is 0. The van der Waals surface area contributed by atoms with Gasteiger partial charge >= 0.3 is 0 Å². The van der Waals surface area contributed by atoms with Gasteiger partial charge in [-0.1, -0.05) is 0 Å². The van der Waals surface area contributed by atoms with E-state index in [0.717, 1.165) is 61.5 Å². The standard InChI is InChI=1S/C16H24N6O/c1-10-12(11(2)21-20-10)6-9-22(3)16-18-14-5-8-17-7-4-13(14)15(23)19-16/h17H,4-9H2,1-3H3,(H,20,21)(H,18,19,23). The Labute approximate surface area is 135 Å². The summed E-state index contributed by atoms with van der Waals surface area (Å²) in [6, 6.07) is 0. The maximum atomic E-state index is 12.3. The highest BCUT2D eigenvalue weighted by Gasteiger charge is 2.16. The molecule has 7 heteroatoms. The molecule has 3 N–H and O–H groups in total. The second kappa shape index (κ2) is 6.54. The number of hydrogen-bond acceptors (Lipinski definition) is 5. The molecule has 1 aliphatic heterocycles. The van der Waals surface area contributed by atoms with Crippen LogP contribution in [-0.4, -0.2) is 46.8 Å². The minimum absolute atomic E-state index is 0.00350. The van der Waals surface area contributed by atoms with Crippen LogP contribution in [-0.2, 0) is 19.3 Å². The van der Waals surface area contributed by atoms with Crippen molar-refractivity contribution in [3.8, 4) is 0 Å². The average molecular weight is 316 g/mol. The van der Waals surface area contributed by atoms with E-state index >= 15 is 0 Å². The number of H-pyrrole nitrogens is 2. The molecule has 0 radical (unpaired) electrons. The first-order chi connectivity index (χ1) is 11.1. The lowest BCUT2D eigenvalue weighted by Crippen LogP contribution is -2.28. The summed E-state index contributed by atoms with van der Waals surface area (Å²) in [7, 11) is 1.96. The van der Waals surface area contributed by atoms with E-state index in [1.807, 2.05) is 25.8 Å². The predicted molar refractivity (Wildman–Crippen MR) is 90.2 cm³/mol. The molecule has 3 rings (SSSR count). The van der Waals surface area contributed by atoms with Gasteiger partial charge in [-0.2, -0.15) is 5.10 Å². The third kappa shape index (κ3) is 3.29. The summed E-state index contributed by atoms with van der Waals surface area (Å²) in [6.07, 6.45) is 2.42. The molecule has 0 aliphatic carbocycles. The van der Waals surface area contributed by atoms with Gasteiger partial charge in [0.1, 0.15) is 0 Å². The fourth-order valence-corrected chi connectivity index (χ4v) is 3.05. The van der Waals surface area contributed by atoms with Gasteiger partial charge in [-0.15, -0.1) is 0 Å². The van der Waals surface area contributed by atoms with Gasteiger partial charge in [0.15, 0.2) is 0 Å². The molecular weight excluding hydrogens is 292 g/mol. The highest BCUT2D eigenvalue weighted by molar-refractivity contribution is 5.34. The minimum Gasteiger partial charge on any atom is -0.345 e. The zero-order chi connectivity index (χ0) is 16.4. The average Bonchev–Trinajstić information content (AvgIpc) is 2.74. The summed E-state index contributed by atoms with van der Waals surface area (Å²) in [5.41, 5.74) is 5.12. The molecule has 124 valence electrons. The smallest absolute Gasteiger partial charge is 0.255 e. The van der Waals surface area contributed by atoms with Crippen LogP contribution in [0.25, 0.3) is 0 Å². The Hall–Kier alpha value is -2.15. The first-order valence-electron chi connectivity index (χ1n) is 8.10. The third-order valence-electron chi connectivity index (χ3n) is 4.52. The number of likely N-dealkylation sites (N-methyl/N-ethyl adjacent to an activating group) is 1. The zero-order valence-corrected chi connectivity index (χ0v) is 14.0. The molecule has 7 nitrogen and oxygen atoms in total. The monoisotopic (exact) mass is 316 g/mol. The number of aryl methyl sites for hydroxylation is 2. The van der Waals surface area contributed by atoms with Crippen LogP contribution < -0.4 is 15.8 Å². The van der Waals surface area contributed by atoms with E-state index in [2.05, 4.69) is 25.5 Å². The molecule has 0 saturated heterocycles. The quantitative estimate of drug-likeness (QED) is 0.763. The summed E-state index contributed by atoms with van der Waals surface area (Å²) in [5.74, 6) is 0.648. The van der Waals surface area contributed by atoms with Crippen LogP contribution >= 0.6 is 0 Å². The molecule has 23 heavy (non-hydrogen) atoms. The van der Waals surface area contributed by atoms with E-state index in [0.29, 0.717) is 5.95 Å². The zero-order valence-electron chi connectivity index (χ0n) is 14.0. The van der Waals surface area contributed by atoms with Gasteiger partial charge in [0.25, 0.3) is 5.56 Å². The topological polar surface area (TPSA) is 89.7 Å². The Bertz CT molecular complexity index is 728. The first-order valence-corrected chi connectivity index (χ1v) is 8.10. The van der Waals surface area contributed by atoms with Crippen LogP contribution in [0.5, 0.6) is 0 Å². The Morgan fingerprint density at radius 1 is 1.22 bits per heavy atom. The van der Waals surface area contributed by atoms with Crippen molar-refractivity contribution >= 4 is 5.95 Å². The Kier molecular flexibility index (Phi) is 4.47. The number of aromatic amines is 2. The molecule has 3 heterocycles. The molecule has 0 bridgehead atoms. The van der Waals surface area contributed by atoms with Crippen molar-refractivity contribution in [2.24, 2.45) is 0 Å². The summed E-state index contributed by atoms with van der Waals surface area (Å²) in [4.78, 5) is 21.9. The number of fused-ring (bicyclic) bond motifs is 1. The van der Waals surface area contributed by atoms with Crippen LogP contribution in [0.3, 0.4) is 0 Å². The summed E-state index contributed by atoms with van der Waals surface area (Å²) < 4.78 is 0. The molecule has 2 aromatic heterocycles. The van der Waals surface area contributed by atoms with Crippen molar-refractivity contribution in [2.45, 2.75) is 33.1 Å². The second-order valence-electron chi connectivity index (χ2n) is 6.15. The van der Waals surface area contributed by atoms with Crippen LogP contribution in [0.4, 0.5) is 5.95 Å². The van der Waals surface area contributed by atoms with Crippen molar-refractivity contribution in [2.75, 3.05) is 31.6 Å². The fraction of sp³-hybridized carbons (Fsp3) is 0.562. The van der Waals surface area contributed by atoms with Crippen molar-refractivity contribution in [3.63, 3.8) is 0 Å². The number of aromatic nitrogens is 4. The lowest BCUT2D eigenvalue weighted by Gasteiger charge is -2.19. The van der Waals surface area contributed by atoms with Crippen molar-refractivity contribution < 1.29 is 0 Å². The highest BCUT2D eigenvalue weighted by Crippen LogP contribution is 2.13. The van der Waals surface area contributed by atoms with Gasteiger partial charge in [-0.25, -0.2) is 4.98 Å². The van der Waals surface area contributed by atoms with Crippen molar-refractivity contribution in [1.29, 1.82) is 0 Å². The SMILES string of the molecule is Cc1n[nH]c(C)c1CCN(C)c1nc2c(c(=O)[nH]1)CCNCC2. The third-order valence-corrected chi connectivity index (χ3v) is 4.52. The maximum Gasteiger partial charge on any atom is 0.255 e. The molecule has 0 fully saturated rings. The van der Waals surface area contributed by atoms with Crippen LogP contribution in [0.15, 0.2) is 4.79 Å². The van der Waals surface area contributed by atoms with Gasteiger partial charge in [-0.3, -0.25) is 14.9 Å². The molecular formula is C16H24N6O. The molecule has 0 spiro atoms. The molecule has 0 unspecified atom stereocenters. The number of rotatable bonds is 4. The maximum absolute atomic E-state index is 12.3. The molecule has 0 atom stereocenters. The van der Waals surface area contributed by atoms with Gasteiger partial charge in [0.2, 0.25) is 5.95 Å². The number of hydrogen-bond donors (Lipinski definition) is 3. The van der Waals surface area contributed by atoms with Crippen LogP contribution in [0.1, 0.15) is 28.2 Å². The van der Waals surface area contributed by atoms with E-state index < -0.39 is 0 Å². The lowest BCUT2D eigenvalue weighted by atomic mass is 10.1. The minimum atomic E-state index is -0.00350. The Morgan fingerprint density at radius 2 is 2.00 bits per heavy atom. The number of nitrogens with one attached hydrogen (secondary N) is 3. The largest absolute Gasteiger partial charge is 0.345 e. The first kappa shape index (κ1) is 15.7. The molecule has 0 aromatic carbocycles. The normalized spacial score (nSPS) is 14.4. The van der Waals surface area contributed by atoms with Crippen LogP contribution in [0.2, 0.25) is 0 Å². The van der Waals surface area contributed by atoms with Gasteiger partial charge in [-0.05, 0) is 38.8 Å². The molecule has 2 aromatic rings. The molecule has 0 saturated carbocycles. The number of nitrogens with zero attached hydrogens (tertiary/aromatic N) is 3. The second-order valence-corrected chi connectivity index (χ2v) is 6.15. The molecule has 1 aliphatic rings. The summed E-state index contributed by atoms with van der Waals surface area (Å²) in [5, 5.41) is 10.5. The van der Waals surface area contributed by atoms with E-state index in [-0.39, 0.29) is 5.56 Å². The van der Waals surface area contributed by atoms with Crippen LogP contribution in [0, 0.1) is 13.8 Å². The van der Waals surface area contributed by atoms with E-state index in [4.69, 9.17) is 0 Å². The lowest BCUT2D eigenvalue weighted by molar-refractivity contribution is 0.708. The van der Waals surface area contributed by atoms with E-state index in [1.54, 1.807) is 0 Å². The van der Waals surface area contributed by atoms with Gasteiger partial charge in [0, 0.05) is 37.8 Å². The fourth-order valence-electron chi connectivity index (χ4n) is 3.05. The van der Waals surface area contributed by atoms with E-state index in [9.17, 15) is 4.79 Å². The molecule has 0 amide bonds. The predicted octanol–water partition coefficient (Wildman–Crippen LogP) is 0.477. The van der Waals surface area contributed by atoms with Crippen molar-refractivity contribution in [3.05, 3.63) is 38.6 Å².